The normalized spacial score (nSPS) is 11.9. The molecule has 0 atom stereocenters. The van der Waals surface area contributed by atoms with Crippen molar-refractivity contribution in [3.05, 3.63) is 41.7 Å². The van der Waals surface area contributed by atoms with Crippen LogP contribution in [0.5, 0.6) is 0 Å². The number of alkyl halides is 3. The highest BCUT2D eigenvalue weighted by Crippen LogP contribution is 2.20. The fraction of sp³-hybridized carbons (Fsp3) is 0.250. The van der Waals surface area contributed by atoms with Gasteiger partial charge in [-0.25, -0.2) is 0 Å². The molecule has 110 valence electrons. The van der Waals surface area contributed by atoms with Crippen LogP contribution in [0.1, 0.15) is 11.3 Å². The molecule has 1 heterocycles. The Morgan fingerprint density at radius 3 is 2.10 bits per heavy atom. The number of pyridine rings is 1. The van der Waals surface area contributed by atoms with Gasteiger partial charge < -0.3 is 0 Å². The number of hydrogen-bond acceptors (Lipinski definition) is 3. The Kier molecular flexibility index (Phi) is 4.72. The Morgan fingerprint density at radius 1 is 1.10 bits per heavy atom. The first-order valence-electron chi connectivity index (χ1n) is 5.38. The zero-order valence-corrected chi connectivity index (χ0v) is 11.5. The van der Waals surface area contributed by atoms with E-state index in [2.05, 4.69) is 36.2 Å². The van der Waals surface area contributed by atoms with Crippen molar-refractivity contribution in [2.24, 2.45) is 0 Å². The van der Waals surface area contributed by atoms with Crippen LogP contribution in [0.3, 0.4) is 0 Å². The van der Waals surface area contributed by atoms with Gasteiger partial charge in [0.25, 0.3) is 0 Å². The first-order valence-corrected chi connectivity index (χ1v) is 6.82. The minimum Gasteiger partial charge on any atom is -0.279 e. The summed E-state index contributed by atoms with van der Waals surface area (Å²) >= 11 is 0. The van der Waals surface area contributed by atoms with Crippen molar-refractivity contribution in [3.63, 3.8) is 0 Å². The highest BCUT2D eigenvalue weighted by molar-refractivity contribution is 7.86. The maximum Gasteiger partial charge on any atom is 0.522 e. The standard InChI is InChI=1S/C11H11N.CHF3O3S/c1-8-4-3-5-11-9(2)12-7-6-10(8)11;2-1(3,4)8(5,6)7/h3-7H,1-2H3;(H,5,6,7). The summed E-state index contributed by atoms with van der Waals surface area (Å²) in [6.07, 6.45) is 1.87. The lowest BCUT2D eigenvalue weighted by Gasteiger charge is -2.02. The van der Waals surface area contributed by atoms with E-state index < -0.39 is 15.6 Å². The van der Waals surface area contributed by atoms with Crippen LogP contribution < -0.4 is 0 Å². The van der Waals surface area contributed by atoms with E-state index in [9.17, 15) is 13.2 Å². The van der Waals surface area contributed by atoms with Gasteiger partial charge in [0.05, 0.1) is 0 Å². The summed E-state index contributed by atoms with van der Waals surface area (Å²) in [5, 5.41) is 2.57. The molecular weight excluding hydrogens is 295 g/mol. The van der Waals surface area contributed by atoms with Crippen molar-refractivity contribution in [1.29, 1.82) is 0 Å². The molecule has 0 unspecified atom stereocenters. The third kappa shape index (κ3) is 3.91. The van der Waals surface area contributed by atoms with Crippen molar-refractivity contribution in [2.45, 2.75) is 19.4 Å². The van der Waals surface area contributed by atoms with Crippen LogP contribution in [-0.2, 0) is 10.1 Å². The van der Waals surface area contributed by atoms with E-state index >= 15 is 0 Å². The lowest BCUT2D eigenvalue weighted by Crippen LogP contribution is -2.21. The Morgan fingerprint density at radius 2 is 1.65 bits per heavy atom. The van der Waals surface area contributed by atoms with Gasteiger partial charge in [0, 0.05) is 17.3 Å². The number of fused-ring (bicyclic) bond motifs is 1. The first kappa shape index (κ1) is 16.4. The summed E-state index contributed by atoms with van der Waals surface area (Å²) in [6.45, 7) is 4.17. The van der Waals surface area contributed by atoms with E-state index in [1.54, 1.807) is 0 Å². The summed E-state index contributed by atoms with van der Waals surface area (Å²) in [4.78, 5) is 4.25. The van der Waals surface area contributed by atoms with Crippen LogP contribution in [-0.4, -0.2) is 23.5 Å². The Hall–Kier alpha value is -1.67. The largest absolute Gasteiger partial charge is 0.522 e. The summed E-state index contributed by atoms with van der Waals surface area (Å²) in [5.41, 5.74) is -3.11. The van der Waals surface area contributed by atoms with Crippen LogP contribution >= 0.6 is 0 Å². The van der Waals surface area contributed by atoms with E-state index in [1.807, 2.05) is 13.1 Å². The summed E-state index contributed by atoms with van der Waals surface area (Å²) < 4.78 is 57.5. The van der Waals surface area contributed by atoms with Gasteiger partial charge in [-0.3, -0.25) is 9.54 Å². The van der Waals surface area contributed by atoms with Gasteiger partial charge in [-0.1, -0.05) is 18.2 Å². The minimum absolute atomic E-state index is 1.11. The number of nitrogens with zero attached hydrogens (tertiary/aromatic N) is 1. The smallest absolute Gasteiger partial charge is 0.279 e. The van der Waals surface area contributed by atoms with Crippen LogP contribution in [0.25, 0.3) is 10.8 Å². The summed E-state index contributed by atoms with van der Waals surface area (Å²) in [5.74, 6) is 0. The topological polar surface area (TPSA) is 67.3 Å². The van der Waals surface area contributed by atoms with Crippen LogP contribution in [0, 0.1) is 13.8 Å². The van der Waals surface area contributed by atoms with E-state index in [4.69, 9.17) is 13.0 Å². The molecule has 0 saturated heterocycles. The quantitative estimate of drug-likeness (QED) is 0.599. The minimum atomic E-state index is -5.84. The molecule has 0 aliphatic heterocycles. The van der Waals surface area contributed by atoms with Gasteiger partial charge in [0.15, 0.2) is 0 Å². The second-order valence-electron chi connectivity index (χ2n) is 3.99. The Labute approximate surface area is 114 Å². The maximum atomic E-state index is 10.7. The molecule has 0 aliphatic rings. The number of halogens is 3. The van der Waals surface area contributed by atoms with Gasteiger partial charge in [-0.05, 0) is 30.9 Å². The lowest BCUT2D eigenvalue weighted by atomic mass is 10.1. The number of aryl methyl sites for hydroxylation is 2. The molecule has 0 aliphatic carbocycles. The SMILES string of the molecule is Cc1cccc2c(C)nccc12.O=S(=O)(O)C(F)(F)F. The summed E-state index contributed by atoms with van der Waals surface area (Å²) in [6, 6.07) is 8.39. The fourth-order valence-electron chi connectivity index (χ4n) is 1.51. The van der Waals surface area contributed by atoms with Gasteiger partial charge in [0.1, 0.15) is 0 Å². The molecular formula is C12H12F3NO3S. The predicted molar refractivity (Wildman–Crippen MR) is 68.8 cm³/mol. The highest BCUT2D eigenvalue weighted by Gasteiger charge is 2.44. The molecule has 0 bridgehead atoms. The second kappa shape index (κ2) is 5.76. The molecule has 20 heavy (non-hydrogen) atoms. The van der Waals surface area contributed by atoms with Crippen molar-refractivity contribution in [3.8, 4) is 0 Å². The molecule has 8 heteroatoms. The van der Waals surface area contributed by atoms with Crippen molar-refractivity contribution in [2.75, 3.05) is 0 Å². The third-order valence-corrected chi connectivity index (χ3v) is 3.10. The zero-order chi connectivity index (χ0) is 15.6. The average Bonchev–Trinajstić information content (AvgIpc) is 2.29. The molecule has 4 nitrogen and oxygen atoms in total. The Balaban J connectivity index is 0.000000221. The molecule has 0 spiro atoms. The third-order valence-electron chi connectivity index (χ3n) is 2.52. The molecule has 2 rings (SSSR count). The van der Waals surface area contributed by atoms with Crippen LogP contribution in [0.2, 0.25) is 0 Å². The van der Waals surface area contributed by atoms with Crippen molar-refractivity contribution < 1.29 is 26.1 Å². The monoisotopic (exact) mass is 307 g/mol. The molecule has 0 fully saturated rings. The van der Waals surface area contributed by atoms with Gasteiger partial charge in [0.2, 0.25) is 0 Å². The number of benzene rings is 1. The highest BCUT2D eigenvalue weighted by atomic mass is 32.2. The number of hydrogen-bond donors (Lipinski definition) is 1. The second-order valence-corrected chi connectivity index (χ2v) is 5.40. The molecule has 1 aromatic heterocycles. The molecule has 0 radical (unpaired) electrons. The predicted octanol–water partition coefficient (Wildman–Crippen LogP) is 3.25. The van der Waals surface area contributed by atoms with E-state index in [-0.39, 0.29) is 0 Å². The van der Waals surface area contributed by atoms with Gasteiger partial charge >= 0.3 is 15.6 Å². The van der Waals surface area contributed by atoms with Crippen molar-refractivity contribution >= 4 is 20.9 Å². The van der Waals surface area contributed by atoms with E-state index in [0.29, 0.717) is 0 Å². The summed E-state index contributed by atoms with van der Waals surface area (Å²) in [7, 11) is -5.84. The molecule has 1 aromatic carbocycles. The molecule has 1 N–H and O–H groups in total. The fourth-order valence-corrected chi connectivity index (χ4v) is 1.51. The Bertz CT molecular complexity index is 670. The number of aromatic nitrogens is 1. The molecule has 0 amide bonds. The van der Waals surface area contributed by atoms with Crippen LogP contribution in [0.4, 0.5) is 13.2 Å². The van der Waals surface area contributed by atoms with E-state index in [0.717, 1.165) is 5.69 Å². The van der Waals surface area contributed by atoms with Crippen molar-refractivity contribution in [1.82, 2.24) is 4.98 Å². The first-order chi connectivity index (χ1) is 9.04. The van der Waals surface area contributed by atoms with Gasteiger partial charge in [-0.15, -0.1) is 0 Å². The molecule has 0 saturated carbocycles. The zero-order valence-electron chi connectivity index (χ0n) is 10.6. The maximum absolute atomic E-state index is 10.7. The lowest BCUT2D eigenvalue weighted by molar-refractivity contribution is -0.0510. The number of rotatable bonds is 0. The molecule has 2 aromatic rings. The van der Waals surface area contributed by atoms with E-state index in [1.165, 1.54) is 16.3 Å². The van der Waals surface area contributed by atoms with Gasteiger partial charge in [-0.2, -0.15) is 21.6 Å². The van der Waals surface area contributed by atoms with Crippen LogP contribution in [0.15, 0.2) is 30.5 Å². The average molecular weight is 307 g/mol.